The molecule has 9 heteroatoms. The molecule has 9 nitrogen and oxygen atoms in total. The summed E-state index contributed by atoms with van der Waals surface area (Å²) in [6.45, 7) is 3.48. The summed E-state index contributed by atoms with van der Waals surface area (Å²) in [6.07, 6.45) is -1.53. The van der Waals surface area contributed by atoms with E-state index in [1.807, 2.05) is 36.4 Å². The summed E-state index contributed by atoms with van der Waals surface area (Å²) in [5, 5.41) is 0. The molecule has 0 radical (unpaired) electrons. The number of carbonyl (C=O) groups is 4. The Morgan fingerprint density at radius 2 is 1.58 bits per heavy atom. The summed E-state index contributed by atoms with van der Waals surface area (Å²) in [5.41, 5.74) is 1.66. The summed E-state index contributed by atoms with van der Waals surface area (Å²) >= 11 is 0. The highest BCUT2D eigenvalue weighted by Crippen LogP contribution is 2.46. The lowest BCUT2D eigenvalue weighted by molar-refractivity contribution is -0.235. The van der Waals surface area contributed by atoms with Gasteiger partial charge in [0, 0.05) is 20.8 Å². The molecule has 1 aromatic rings. The van der Waals surface area contributed by atoms with Crippen molar-refractivity contribution >= 4 is 29.5 Å². The molecule has 1 saturated heterocycles. The second kappa shape index (κ2) is 10.6. The largest absolute Gasteiger partial charge is 0.469 e. The molecule has 178 valence electrons. The van der Waals surface area contributed by atoms with Gasteiger partial charge < -0.3 is 23.7 Å². The maximum absolute atomic E-state index is 12.6. The average Bonchev–Trinajstić information content (AvgIpc) is 2.78. The number of hydrogen-bond donors (Lipinski definition) is 0. The van der Waals surface area contributed by atoms with Crippen LogP contribution < -0.4 is 0 Å². The van der Waals surface area contributed by atoms with Crippen LogP contribution in [0.1, 0.15) is 32.8 Å². The molecule has 0 aromatic heterocycles. The van der Waals surface area contributed by atoms with Crippen molar-refractivity contribution < 1.29 is 42.9 Å². The van der Waals surface area contributed by atoms with Crippen LogP contribution in [0.2, 0.25) is 0 Å². The molecule has 0 bridgehead atoms. The van der Waals surface area contributed by atoms with Crippen molar-refractivity contribution in [1.29, 1.82) is 0 Å². The first-order valence-corrected chi connectivity index (χ1v) is 10.7. The first kappa shape index (κ1) is 24.4. The van der Waals surface area contributed by atoms with Gasteiger partial charge in [-0.3, -0.25) is 19.2 Å². The van der Waals surface area contributed by atoms with Gasteiger partial charge in [0.2, 0.25) is 0 Å². The van der Waals surface area contributed by atoms with E-state index in [0.717, 1.165) is 11.1 Å². The Balaban J connectivity index is 2.12. The Morgan fingerprint density at radius 1 is 0.939 bits per heavy atom. The van der Waals surface area contributed by atoms with Gasteiger partial charge in [-0.1, -0.05) is 36.4 Å². The third-order valence-corrected chi connectivity index (χ3v) is 5.74. The first-order valence-electron chi connectivity index (χ1n) is 10.7. The molecular formula is C24H28O9. The maximum Gasteiger partial charge on any atom is 0.311 e. The number of hydrogen-bond acceptors (Lipinski definition) is 9. The molecule has 1 heterocycles. The van der Waals surface area contributed by atoms with Gasteiger partial charge in [0.1, 0.15) is 12.7 Å². The van der Waals surface area contributed by atoms with E-state index in [-0.39, 0.29) is 6.61 Å². The van der Waals surface area contributed by atoms with Gasteiger partial charge in [0.15, 0.2) is 12.2 Å². The summed E-state index contributed by atoms with van der Waals surface area (Å²) in [5.74, 6) is -3.55. The average molecular weight is 460 g/mol. The zero-order valence-corrected chi connectivity index (χ0v) is 19.0. The molecule has 6 atom stereocenters. The lowest BCUT2D eigenvalue weighted by Crippen LogP contribution is -2.61. The Morgan fingerprint density at radius 3 is 2.15 bits per heavy atom. The lowest BCUT2D eigenvalue weighted by atomic mass is 9.70. The highest BCUT2D eigenvalue weighted by Gasteiger charge is 2.56. The van der Waals surface area contributed by atoms with Gasteiger partial charge in [-0.15, -0.1) is 0 Å². The standard InChI is InChI=1S/C24H28O9/c1-13(25)30-12-19-22(31-14(2)26)23(32-15(3)27)20-17(16-8-6-5-7-9-16)10-11-18(21(20)33-19)24(28)29-4/h5-10,18-23H,11-12H2,1-4H3/t18?,19-,20?,21-,22-,23-/m1/s1. The van der Waals surface area contributed by atoms with Crippen molar-refractivity contribution in [3.63, 3.8) is 0 Å². The van der Waals surface area contributed by atoms with Crippen LogP contribution >= 0.6 is 0 Å². The molecule has 2 unspecified atom stereocenters. The van der Waals surface area contributed by atoms with Gasteiger partial charge in [0.25, 0.3) is 0 Å². The lowest BCUT2D eigenvalue weighted by Gasteiger charge is -2.49. The highest BCUT2D eigenvalue weighted by molar-refractivity contribution is 5.78. The molecule has 1 aliphatic heterocycles. The number of rotatable bonds is 6. The topological polar surface area (TPSA) is 114 Å². The van der Waals surface area contributed by atoms with E-state index in [2.05, 4.69) is 0 Å². The number of benzene rings is 1. The van der Waals surface area contributed by atoms with E-state index in [9.17, 15) is 19.2 Å². The molecule has 1 fully saturated rings. The van der Waals surface area contributed by atoms with Gasteiger partial charge in [0.05, 0.1) is 25.0 Å². The van der Waals surface area contributed by atoms with Crippen LogP contribution in [0, 0.1) is 11.8 Å². The van der Waals surface area contributed by atoms with E-state index in [0.29, 0.717) is 6.42 Å². The third-order valence-electron chi connectivity index (χ3n) is 5.74. The normalized spacial score (nSPS) is 28.5. The van der Waals surface area contributed by atoms with Crippen LogP contribution in [0.5, 0.6) is 0 Å². The summed E-state index contributed by atoms with van der Waals surface area (Å²) < 4.78 is 27.6. The molecule has 1 aliphatic carbocycles. The fourth-order valence-corrected chi connectivity index (χ4v) is 4.51. The van der Waals surface area contributed by atoms with Crippen LogP contribution in [0.3, 0.4) is 0 Å². The number of carbonyl (C=O) groups excluding carboxylic acids is 4. The van der Waals surface area contributed by atoms with Gasteiger partial charge in [-0.05, 0) is 17.6 Å². The number of allylic oxidation sites excluding steroid dienone is 1. The van der Waals surface area contributed by atoms with E-state index in [4.69, 9.17) is 23.7 Å². The fourth-order valence-electron chi connectivity index (χ4n) is 4.51. The third kappa shape index (κ3) is 5.60. The second-order valence-corrected chi connectivity index (χ2v) is 8.01. The molecule has 0 amide bonds. The monoisotopic (exact) mass is 460 g/mol. The fraction of sp³-hybridized carbons (Fsp3) is 0.500. The van der Waals surface area contributed by atoms with Crippen molar-refractivity contribution in [2.75, 3.05) is 13.7 Å². The minimum Gasteiger partial charge on any atom is -0.469 e. The predicted molar refractivity (Wildman–Crippen MR) is 114 cm³/mol. The molecular weight excluding hydrogens is 432 g/mol. The van der Waals surface area contributed by atoms with Gasteiger partial charge in [-0.25, -0.2) is 0 Å². The van der Waals surface area contributed by atoms with E-state index in [1.54, 1.807) is 0 Å². The maximum atomic E-state index is 12.6. The first-order chi connectivity index (χ1) is 15.7. The summed E-state index contributed by atoms with van der Waals surface area (Å²) in [7, 11) is 1.29. The second-order valence-electron chi connectivity index (χ2n) is 8.01. The number of ether oxygens (including phenoxy) is 5. The smallest absolute Gasteiger partial charge is 0.311 e. The van der Waals surface area contributed by atoms with Crippen molar-refractivity contribution in [3.8, 4) is 0 Å². The van der Waals surface area contributed by atoms with E-state index in [1.165, 1.54) is 27.9 Å². The van der Waals surface area contributed by atoms with Crippen LogP contribution in [-0.4, -0.2) is 62.0 Å². The predicted octanol–water partition coefficient (Wildman–Crippen LogP) is 2.07. The molecule has 0 spiro atoms. The Kier molecular flexibility index (Phi) is 7.86. The minimum atomic E-state index is -1.06. The van der Waals surface area contributed by atoms with Crippen molar-refractivity contribution in [2.45, 2.75) is 51.6 Å². The van der Waals surface area contributed by atoms with E-state index >= 15 is 0 Å². The SMILES string of the molecule is COC(=O)C1CC=C(c2ccccc2)C2[C@@H]1O[C@H](COC(C)=O)[C@@H](OC(C)=O)[C@@H]2OC(C)=O. The van der Waals surface area contributed by atoms with Crippen LogP contribution in [0.15, 0.2) is 36.4 Å². The van der Waals surface area contributed by atoms with Gasteiger partial charge >= 0.3 is 23.9 Å². The summed E-state index contributed by atoms with van der Waals surface area (Å²) in [4.78, 5) is 48.1. The quantitative estimate of drug-likeness (QED) is 0.465. The Hall–Kier alpha value is -3.20. The van der Waals surface area contributed by atoms with Crippen LogP contribution in [0.25, 0.3) is 5.57 Å². The minimum absolute atomic E-state index is 0.244. The van der Waals surface area contributed by atoms with E-state index < -0.39 is 60.1 Å². The molecule has 3 rings (SSSR count). The summed E-state index contributed by atoms with van der Waals surface area (Å²) in [6, 6.07) is 9.42. The zero-order valence-electron chi connectivity index (χ0n) is 19.0. The van der Waals surface area contributed by atoms with Crippen LogP contribution in [0.4, 0.5) is 0 Å². The Labute approximate surface area is 192 Å². The Bertz CT molecular complexity index is 923. The number of esters is 4. The van der Waals surface area contributed by atoms with Crippen molar-refractivity contribution in [3.05, 3.63) is 42.0 Å². The molecule has 2 aliphatic rings. The number of methoxy groups -OCH3 is 1. The molecule has 1 aromatic carbocycles. The molecule has 0 saturated carbocycles. The zero-order chi connectivity index (χ0) is 24.1. The van der Waals surface area contributed by atoms with Crippen molar-refractivity contribution in [2.24, 2.45) is 11.8 Å². The molecule has 33 heavy (non-hydrogen) atoms. The number of fused-ring (bicyclic) bond motifs is 1. The highest BCUT2D eigenvalue weighted by atomic mass is 16.6. The van der Waals surface area contributed by atoms with Crippen molar-refractivity contribution in [1.82, 2.24) is 0 Å². The molecule has 0 N–H and O–H groups in total. The van der Waals surface area contributed by atoms with Gasteiger partial charge in [-0.2, -0.15) is 0 Å². The van der Waals surface area contributed by atoms with Crippen LogP contribution in [-0.2, 0) is 42.9 Å².